The van der Waals surface area contributed by atoms with Gasteiger partial charge in [0.25, 0.3) is 0 Å². The molecule has 0 saturated carbocycles. The summed E-state index contributed by atoms with van der Waals surface area (Å²) in [6.07, 6.45) is 2.83. The number of nitrogens with one attached hydrogen (secondary N) is 1. The Morgan fingerprint density at radius 3 is 2.58 bits per heavy atom. The van der Waals surface area contributed by atoms with Crippen molar-refractivity contribution >= 4 is 22.0 Å². The highest BCUT2D eigenvalue weighted by Crippen LogP contribution is 2.19. The minimum atomic E-state index is -0.555. The monoisotopic (exact) mass is 392 g/mol. The molecule has 0 fully saturated rings. The molecular weight excluding hydrogens is 372 g/mol. The fourth-order valence-electron chi connectivity index (χ4n) is 2.01. The first kappa shape index (κ1) is 18.3. The van der Waals surface area contributed by atoms with Crippen LogP contribution < -0.4 is 10.1 Å². The van der Waals surface area contributed by atoms with Gasteiger partial charge in [-0.15, -0.1) is 0 Å². The quantitative estimate of drug-likeness (QED) is 0.813. The van der Waals surface area contributed by atoms with Crippen LogP contribution in [-0.2, 0) is 4.74 Å². The van der Waals surface area contributed by atoms with Crippen molar-refractivity contribution in [1.29, 1.82) is 0 Å². The molecule has 0 spiro atoms. The number of pyridine rings is 1. The molecule has 5 nitrogen and oxygen atoms in total. The lowest BCUT2D eigenvalue weighted by Gasteiger charge is -2.24. The van der Waals surface area contributed by atoms with Gasteiger partial charge >= 0.3 is 6.09 Å². The SMILES string of the molecule is CC(C)(C)OC(=O)NC(COc1cncc(Br)c1)c1ccccc1. The standard InChI is InChI=1S/C18H21BrN2O3/c1-18(2,3)24-17(22)21-16(13-7-5-4-6-8-13)12-23-15-9-14(19)10-20-11-15/h4-11,16H,12H2,1-3H3,(H,21,22). The van der Waals surface area contributed by atoms with Gasteiger partial charge in [-0.3, -0.25) is 4.98 Å². The maximum absolute atomic E-state index is 12.1. The molecule has 1 aromatic heterocycles. The van der Waals surface area contributed by atoms with Crippen LogP contribution in [0.4, 0.5) is 4.79 Å². The lowest BCUT2D eigenvalue weighted by Crippen LogP contribution is -2.37. The molecule has 128 valence electrons. The molecular formula is C18H21BrN2O3. The largest absolute Gasteiger partial charge is 0.489 e. The zero-order valence-corrected chi connectivity index (χ0v) is 15.5. The summed E-state index contributed by atoms with van der Waals surface area (Å²) in [5, 5.41) is 2.86. The summed E-state index contributed by atoms with van der Waals surface area (Å²) in [6, 6.07) is 11.1. The molecule has 6 heteroatoms. The van der Waals surface area contributed by atoms with Crippen molar-refractivity contribution in [2.45, 2.75) is 32.4 Å². The molecule has 0 aliphatic carbocycles. The highest BCUT2D eigenvalue weighted by atomic mass is 79.9. The van der Waals surface area contributed by atoms with Gasteiger partial charge in [-0.25, -0.2) is 4.79 Å². The van der Waals surface area contributed by atoms with Crippen LogP contribution in [0.25, 0.3) is 0 Å². The molecule has 0 aliphatic rings. The predicted octanol–water partition coefficient (Wildman–Crippen LogP) is 4.49. The number of nitrogens with zero attached hydrogens (tertiary/aromatic N) is 1. The van der Waals surface area contributed by atoms with Gasteiger partial charge in [-0.2, -0.15) is 0 Å². The third-order valence-corrected chi connectivity index (χ3v) is 3.42. The van der Waals surface area contributed by atoms with E-state index in [1.165, 1.54) is 0 Å². The van der Waals surface area contributed by atoms with E-state index < -0.39 is 11.7 Å². The molecule has 0 saturated heterocycles. The molecule has 0 bridgehead atoms. The van der Waals surface area contributed by atoms with E-state index in [9.17, 15) is 4.79 Å². The van der Waals surface area contributed by atoms with E-state index in [1.807, 2.05) is 57.2 Å². The first-order chi connectivity index (χ1) is 11.3. The number of benzene rings is 1. The number of aromatic nitrogens is 1. The van der Waals surface area contributed by atoms with Gasteiger partial charge in [0.2, 0.25) is 0 Å². The Kier molecular flexibility index (Phi) is 6.20. The Hall–Kier alpha value is -2.08. The van der Waals surface area contributed by atoms with Gasteiger partial charge < -0.3 is 14.8 Å². The van der Waals surface area contributed by atoms with Crippen molar-refractivity contribution in [2.24, 2.45) is 0 Å². The molecule has 1 atom stereocenters. The Morgan fingerprint density at radius 1 is 1.25 bits per heavy atom. The van der Waals surface area contributed by atoms with Crippen LogP contribution >= 0.6 is 15.9 Å². The average Bonchev–Trinajstić information content (AvgIpc) is 2.50. The topological polar surface area (TPSA) is 60.5 Å². The Morgan fingerprint density at radius 2 is 1.96 bits per heavy atom. The molecule has 1 amide bonds. The summed E-state index contributed by atoms with van der Waals surface area (Å²) in [5.74, 6) is 0.622. The fraction of sp³-hybridized carbons (Fsp3) is 0.333. The fourth-order valence-corrected chi connectivity index (χ4v) is 2.35. The normalized spacial score (nSPS) is 12.3. The number of rotatable bonds is 5. The van der Waals surface area contributed by atoms with E-state index in [2.05, 4.69) is 26.2 Å². The molecule has 24 heavy (non-hydrogen) atoms. The van der Waals surface area contributed by atoms with E-state index in [1.54, 1.807) is 12.4 Å². The summed E-state index contributed by atoms with van der Waals surface area (Å²) >= 11 is 3.36. The van der Waals surface area contributed by atoms with Crippen LogP contribution in [0.3, 0.4) is 0 Å². The number of hydrogen-bond acceptors (Lipinski definition) is 4. The number of amides is 1. The lowest BCUT2D eigenvalue weighted by atomic mass is 10.1. The Balaban J connectivity index is 2.07. The van der Waals surface area contributed by atoms with E-state index in [4.69, 9.17) is 9.47 Å². The number of ether oxygens (including phenoxy) is 2. The van der Waals surface area contributed by atoms with Crippen molar-refractivity contribution < 1.29 is 14.3 Å². The summed E-state index contributed by atoms with van der Waals surface area (Å²) in [5.41, 5.74) is 0.381. The number of halogens is 1. The second kappa shape index (κ2) is 8.15. The van der Waals surface area contributed by atoms with Gasteiger partial charge in [0, 0.05) is 10.7 Å². The molecule has 1 aromatic carbocycles. The Labute approximate surface area is 150 Å². The van der Waals surface area contributed by atoms with Gasteiger partial charge in [0.1, 0.15) is 18.0 Å². The molecule has 2 aromatic rings. The molecule has 0 aliphatic heterocycles. The summed E-state index contributed by atoms with van der Waals surface area (Å²) < 4.78 is 11.9. The van der Waals surface area contributed by atoms with Crippen LogP contribution in [-0.4, -0.2) is 23.3 Å². The second-order valence-corrected chi connectivity index (χ2v) is 7.18. The predicted molar refractivity (Wildman–Crippen MR) is 96.0 cm³/mol. The number of hydrogen-bond donors (Lipinski definition) is 1. The van der Waals surface area contributed by atoms with E-state index in [-0.39, 0.29) is 12.6 Å². The smallest absolute Gasteiger partial charge is 0.408 e. The maximum atomic E-state index is 12.1. The second-order valence-electron chi connectivity index (χ2n) is 6.26. The van der Waals surface area contributed by atoms with Gasteiger partial charge in [-0.1, -0.05) is 30.3 Å². The highest BCUT2D eigenvalue weighted by molar-refractivity contribution is 9.10. The number of carbonyl (C=O) groups excluding carboxylic acids is 1. The van der Waals surface area contributed by atoms with Crippen LogP contribution in [0.5, 0.6) is 5.75 Å². The van der Waals surface area contributed by atoms with Crippen molar-refractivity contribution in [2.75, 3.05) is 6.61 Å². The zero-order chi connectivity index (χ0) is 17.6. The zero-order valence-electron chi connectivity index (χ0n) is 14.0. The lowest BCUT2D eigenvalue weighted by molar-refractivity contribution is 0.0487. The first-order valence-corrected chi connectivity index (χ1v) is 8.40. The molecule has 0 radical (unpaired) electrons. The third-order valence-electron chi connectivity index (χ3n) is 2.99. The van der Waals surface area contributed by atoms with Gasteiger partial charge in [-0.05, 0) is 48.3 Å². The number of carbonyl (C=O) groups is 1. The van der Waals surface area contributed by atoms with Gasteiger partial charge in [0.15, 0.2) is 0 Å². The average molecular weight is 393 g/mol. The van der Waals surface area contributed by atoms with E-state index >= 15 is 0 Å². The van der Waals surface area contributed by atoms with Crippen LogP contribution in [0.2, 0.25) is 0 Å². The first-order valence-electron chi connectivity index (χ1n) is 7.61. The number of alkyl carbamates (subject to hydrolysis) is 1. The van der Waals surface area contributed by atoms with Crippen molar-refractivity contribution in [1.82, 2.24) is 10.3 Å². The van der Waals surface area contributed by atoms with E-state index in [0.29, 0.717) is 5.75 Å². The van der Waals surface area contributed by atoms with Crippen LogP contribution in [0.15, 0.2) is 53.3 Å². The van der Waals surface area contributed by atoms with Gasteiger partial charge in [0.05, 0.1) is 12.2 Å². The minimum absolute atomic E-state index is 0.265. The van der Waals surface area contributed by atoms with E-state index in [0.717, 1.165) is 10.0 Å². The molecule has 1 N–H and O–H groups in total. The summed E-state index contributed by atoms with van der Waals surface area (Å²) in [6.45, 7) is 5.75. The minimum Gasteiger partial charge on any atom is -0.489 e. The highest BCUT2D eigenvalue weighted by Gasteiger charge is 2.21. The molecule has 2 rings (SSSR count). The maximum Gasteiger partial charge on any atom is 0.408 e. The molecule has 1 unspecified atom stereocenters. The van der Waals surface area contributed by atoms with Crippen LogP contribution in [0.1, 0.15) is 32.4 Å². The van der Waals surface area contributed by atoms with Crippen LogP contribution in [0, 0.1) is 0 Å². The van der Waals surface area contributed by atoms with Crippen molar-refractivity contribution in [3.05, 3.63) is 58.8 Å². The van der Waals surface area contributed by atoms with Crippen molar-refractivity contribution in [3.8, 4) is 5.75 Å². The van der Waals surface area contributed by atoms with Crippen molar-refractivity contribution in [3.63, 3.8) is 0 Å². The summed E-state index contributed by atoms with van der Waals surface area (Å²) in [7, 11) is 0. The summed E-state index contributed by atoms with van der Waals surface area (Å²) in [4.78, 5) is 16.2. The third kappa shape index (κ3) is 6.20. The molecule has 1 heterocycles. The Bertz CT molecular complexity index is 671.